The van der Waals surface area contributed by atoms with Gasteiger partial charge in [0.1, 0.15) is 16.9 Å². The van der Waals surface area contributed by atoms with E-state index in [-0.39, 0.29) is 28.1 Å². The molecular weight excluding hydrogens is 390 g/mol. The molecule has 0 unspecified atom stereocenters. The maximum absolute atomic E-state index is 13.0. The van der Waals surface area contributed by atoms with E-state index in [0.29, 0.717) is 13.1 Å². The molecule has 0 radical (unpaired) electrons. The van der Waals surface area contributed by atoms with E-state index in [0.717, 1.165) is 23.5 Å². The molecule has 1 aromatic rings. The lowest BCUT2D eigenvalue weighted by molar-refractivity contribution is -0.130. The number of nitrogens with one attached hydrogen (secondary N) is 1. The normalized spacial score (nSPS) is 19.3. The largest absolute Gasteiger partial charge is 0.497 e. The van der Waals surface area contributed by atoms with Crippen LogP contribution >= 0.6 is 11.8 Å². The summed E-state index contributed by atoms with van der Waals surface area (Å²) in [6.07, 6.45) is 0.753. The smallest absolute Gasteiger partial charge is 0.317 e. The van der Waals surface area contributed by atoms with Crippen molar-refractivity contribution in [3.63, 3.8) is 0 Å². The molecule has 2 rings (SSSR count). The highest BCUT2D eigenvalue weighted by molar-refractivity contribution is 8.01. The number of carbonyl (C=O) groups excluding carboxylic acids is 2. The lowest BCUT2D eigenvalue weighted by Gasteiger charge is -2.29. The molecule has 1 aliphatic heterocycles. The number of nitrogens with zero attached hydrogens (tertiary/aromatic N) is 2. The summed E-state index contributed by atoms with van der Waals surface area (Å²) in [5, 5.41) is 2.65. The number of likely N-dealkylation sites (N-methyl/N-ethyl adjacent to an activating group) is 1. The van der Waals surface area contributed by atoms with Crippen molar-refractivity contribution in [3.05, 3.63) is 23.8 Å². The molecule has 1 heterocycles. The third-order valence-electron chi connectivity index (χ3n) is 4.71. The predicted molar refractivity (Wildman–Crippen MR) is 117 cm³/mol. The number of thioether (sulfide) groups is 1. The van der Waals surface area contributed by atoms with Gasteiger partial charge in [-0.1, -0.05) is 6.92 Å². The highest BCUT2D eigenvalue weighted by atomic mass is 32.2. The van der Waals surface area contributed by atoms with Gasteiger partial charge in [-0.05, 0) is 45.4 Å². The minimum absolute atomic E-state index is 0.0944. The number of carbonyl (C=O) groups is 2. The summed E-state index contributed by atoms with van der Waals surface area (Å²) in [7, 11) is 4.99. The van der Waals surface area contributed by atoms with Crippen molar-refractivity contribution < 1.29 is 19.1 Å². The zero-order chi connectivity index (χ0) is 21.8. The van der Waals surface area contributed by atoms with Gasteiger partial charge in [-0.15, -0.1) is 11.8 Å². The fourth-order valence-electron chi connectivity index (χ4n) is 3.14. The molecule has 0 saturated carbocycles. The van der Waals surface area contributed by atoms with E-state index in [1.807, 2.05) is 50.8 Å². The highest BCUT2D eigenvalue weighted by Gasteiger charge is 2.41. The van der Waals surface area contributed by atoms with E-state index >= 15 is 0 Å². The Kier molecular flexibility index (Phi) is 7.68. The molecule has 0 aromatic heterocycles. The third kappa shape index (κ3) is 5.72. The van der Waals surface area contributed by atoms with Crippen LogP contribution in [0.1, 0.15) is 45.1 Å². The van der Waals surface area contributed by atoms with Gasteiger partial charge in [0.15, 0.2) is 0 Å². The van der Waals surface area contributed by atoms with Gasteiger partial charge in [0.05, 0.1) is 19.5 Å². The topological polar surface area (TPSA) is 71.1 Å². The number of methoxy groups -OCH3 is 2. The zero-order valence-electron chi connectivity index (χ0n) is 18.4. The lowest BCUT2D eigenvalue weighted by atomic mass is 10.1. The van der Waals surface area contributed by atoms with Crippen LogP contribution in [0.3, 0.4) is 0 Å². The van der Waals surface area contributed by atoms with Gasteiger partial charge in [-0.25, -0.2) is 4.79 Å². The van der Waals surface area contributed by atoms with Crippen LogP contribution in [0.4, 0.5) is 4.79 Å². The quantitative estimate of drug-likeness (QED) is 0.727. The summed E-state index contributed by atoms with van der Waals surface area (Å²) in [6, 6.07) is 5.47. The van der Waals surface area contributed by atoms with Gasteiger partial charge in [-0.2, -0.15) is 0 Å². The molecule has 1 N–H and O–H groups in total. The first-order chi connectivity index (χ1) is 13.6. The molecule has 1 fully saturated rings. The molecular formula is C21H33N3O4S. The maximum Gasteiger partial charge on any atom is 0.317 e. The standard InChI is InChI=1S/C21H33N3O4S/c1-8-17-18(25)24(12-11-23(5)20(26)22-21(2,3)4)19(29-17)15-13-14(27-6)9-10-16(15)28-7/h9-10,13,17,19H,8,11-12H2,1-7H3,(H,22,26)/t17-,19+/m1/s1. The van der Waals surface area contributed by atoms with Gasteiger partial charge in [-0.3, -0.25) is 4.79 Å². The third-order valence-corrected chi connectivity index (χ3v) is 6.34. The fraction of sp³-hybridized carbons (Fsp3) is 0.619. The van der Waals surface area contributed by atoms with E-state index < -0.39 is 0 Å². The van der Waals surface area contributed by atoms with Crippen LogP contribution in [0.25, 0.3) is 0 Å². The second kappa shape index (κ2) is 9.61. The van der Waals surface area contributed by atoms with Crippen LogP contribution in [0.5, 0.6) is 11.5 Å². The number of ether oxygens (including phenoxy) is 2. The molecule has 7 nitrogen and oxygen atoms in total. The summed E-state index contributed by atoms with van der Waals surface area (Å²) >= 11 is 1.62. The number of amides is 3. The van der Waals surface area contributed by atoms with Gasteiger partial charge >= 0.3 is 6.03 Å². The van der Waals surface area contributed by atoms with Gasteiger partial charge < -0.3 is 24.6 Å². The van der Waals surface area contributed by atoms with Gasteiger partial charge in [0.2, 0.25) is 5.91 Å². The van der Waals surface area contributed by atoms with E-state index in [2.05, 4.69) is 5.32 Å². The van der Waals surface area contributed by atoms with E-state index in [1.54, 1.807) is 37.9 Å². The Labute approximate surface area is 178 Å². The lowest BCUT2D eigenvalue weighted by Crippen LogP contribution is -2.49. The first-order valence-corrected chi connectivity index (χ1v) is 10.8. The van der Waals surface area contributed by atoms with Crippen molar-refractivity contribution in [3.8, 4) is 11.5 Å². The number of hydrogen-bond acceptors (Lipinski definition) is 5. The van der Waals surface area contributed by atoms with Crippen molar-refractivity contribution in [1.29, 1.82) is 0 Å². The van der Waals surface area contributed by atoms with Crippen LogP contribution in [0, 0.1) is 0 Å². The maximum atomic E-state index is 13.0. The van der Waals surface area contributed by atoms with Crippen LogP contribution < -0.4 is 14.8 Å². The van der Waals surface area contributed by atoms with Crippen molar-refractivity contribution >= 4 is 23.7 Å². The Morgan fingerprint density at radius 3 is 2.52 bits per heavy atom. The Balaban J connectivity index is 2.22. The molecule has 1 aliphatic rings. The van der Waals surface area contributed by atoms with Crippen LogP contribution in [-0.4, -0.2) is 66.9 Å². The molecule has 3 amide bonds. The Morgan fingerprint density at radius 1 is 1.28 bits per heavy atom. The Hall–Kier alpha value is -2.09. The van der Waals surface area contributed by atoms with Crippen LogP contribution in [0.15, 0.2) is 18.2 Å². The number of urea groups is 1. The van der Waals surface area contributed by atoms with Gasteiger partial charge in [0, 0.05) is 31.2 Å². The van der Waals surface area contributed by atoms with E-state index in [9.17, 15) is 9.59 Å². The first kappa shape index (κ1) is 23.2. The average Bonchev–Trinajstić information content (AvgIpc) is 2.99. The van der Waals surface area contributed by atoms with Crippen LogP contribution in [-0.2, 0) is 4.79 Å². The van der Waals surface area contributed by atoms with Gasteiger partial charge in [0.25, 0.3) is 0 Å². The molecule has 29 heavy (non-hydrogen) atoms. The second-order valence-corrected chi connectivity index (χ2v) is 9.41. The van der Waals surface area contributed by atoms with Crippen molar-refractivity contribution in [2.45, 2.75) is 50.3 Å². The molecule has 162 valence electrons. The Bertz CT molecular complexity index is 735. The van der Waals surface area contributed by atoms with Crippen molar-refractivity contribution in [2.24, 2.45) is 0 Å². The number of rotatable bonds is 7. The average molecular weight is 424 g/mol. The second-order valence-electron chi connectivity index (χ2n) is 8.13. The molecule has 0 aliphatic carbocycles. The number of hydrogen-bond donors (Lipinski definition) is 1. The van der Waals surface area contributed by atoms with E-state index in [1.165, 1.54) is 0 Å². The summed E-state index contributed by atoms with van der Waals surface area (Å²) in [4.78, 5) is 28.8. The first-order valence-electron chi connectivity index (χ1n) is 9.82. The number of benzene rings is 1. The minimum Gasteiger partial charge on any atom is -0.497 e. The summed E-state index contributed by atoms with van der Waals surface area (Å²) < 4.78 is 10.9. The summed E-state index contributed by atoms with van der Waals surface area (Å²) in [5.74, 6) is 1.53. The van der Waals surface area contributed by atoms with Crippen LogP contribution in [0.2, 0.25) is 0 Å². The van der Waals surface area contributed by atoms with Crippen molar-refractivity contribution in [2.75, 3.05) is 34.4 Å². The molecule has 8 heteroatoms. The molecule has 0 bridgehead atoms. The fourth-order valence-corrected chi connectivity index (χ4v) is 4.58. The predicted octanol–water partition coefficient (Wildman–Crippen LogP) is 3.50. The summed E-state index contributed by atoms with van der Waals surface area (Å²) in [6.45, 7) is 8.72. The highest BCUT2D eigenvalue weighted by Crippen LogP contribution is 2.47. The molecule has 2 atom stereocenters. The minimum atomic E-state index is -0.311. The van der Waals surface area contributed by atoms with Crippen molar-refractivity contribution in [1.82, 2.24) is 15.1 Å². The molecule has 1 saturated heterocycles. The Morgan fingerprint density at radius 2 is 1.97 bits per heavy atom. The molecule has 0 spiro atoms. The summed E-state index contributed by atoms with van der Waals surface area (Å²) in [5.41, 5.74) is 0.594. The van der Waals surface area contributed by atoms with E-state index in [4.69, 9.17) is 9.47 Å². The zero-order valence-corrected chi connectivity index (χ0v) is 19.3. The SMILES string of the molecule is CC[C@H]1S[C@@H](c2cc(OC)ccc2OC)N(CCN(C)C(=O)NC(C)(C)C)C1=O. The molecule has 1 aromatic carbocycles. The monoisotopic (exact) mass is 423 g/mol.